The SMILES string of the molecule is CCOc1nc(NCc2ccc(F)cc2)nc2ncc(-c3cccc(C(=O)OC(C)C)c3)nc12. The number of carbonyl (C=O) groups excluding carboxylic acids is 1. The summed E-state index contributed by atoms with van der Waals surface area (Å²) in [7, 11) is 0. The van der Waals surface area contributed by atoms with Crippen molar-refractivity contribution < 1.29 is 18.7 Å². The minimum atomic E-state index is -0.402. The van der Waals surface area contributed by atoms with Crippen LogP contribution in [0.1, 0.15) is 36.7 Å². The van der Waals surface area contributed by atoms with Gasteiger partial charge in [0.25, 0.3) is 0 Å². The van der Waals surface area contributed by atoms with Crippen LogP contribution < -0.4 is 10.1 Å². The average Bonchev–Trinajstić information content (AvgIpc) is 2.83. The van der Waals surface area contributed by atoms with Crippen LogP contribution in [0, 0.1) is 5.82 Å². The predicted octanol–water partition coefficient (Wildman–Crippen LogP) is 4.80. The molecule has 0 spiro atoms. The highest BCUT2D eigenvalue weighted by atomic mass is 19.1. The van der Waals surface area contributed by atoms with Gasteiger partial charge in [0.2, 0.25) is 11.8 Å². The number of nitrogens with one attached hydrogen (secondary N) is 1. The fourth-order valence-electron chi connectivity index (χ4n) is 3.21. The smallest absolute Gasteiger partial charge is 0.338 e. The Balaban J connectivity index is 1.64. The molecule has 0 saturated carbocycles. The fraction of sp³-hybridized carbons (Fsp3) is 0.240. The number of anilines is 1. The fourth-order valence-corrected chi connectivity index (χ4v) is 3.21. The summed E-state index contributed by atoms with van der Waals surface area (Å²) < 4.78 is 24.1. The summed E-state index contributed by atoms with van der Waals surface area (Å²) in [5, 5.41) is 3.11. The third-order valence-corrected chi connectivity index (χ3v) is 4.76. The van der Waals surface area contributed by atoms with E-state index in [2.05, 4.69) is 25.3 Å². The van der Waals surface area contributed by atoms with Crippen LogP contribution in [0.4, 0.5) is 10.3 Å². The number of nitrogens with zero attached hydrogens (tertiary/aromatic N) is 4. The number of halogens is 1. The topological polar surface area (TPSA) is 99.1 Å². The van der Waals surface area contributed by atoms with E-state index in [9.17, 15) is 9.18 Å². The van der Waals surface area contributed by atoms with Gasteiger partial charge in [-0.3, -0.25) is 0 Å². The Hall–Kier alpha value is -4.14. The third-order valence-electron chi connectivity index (χ3n) is 4.76. The summed E-state index contributed by atoms with van der Waals surface area (Å²) in [4.78, 5) is 30.3. The van der Waals surface area contributed by atoms with Gasteiger partial charge in [-0.05, 0) is 50.6 Å². The minimum Gasteiger partial charge on any atom is -0.476 e. The minimum absolute atomic E-state index is 0.214. The first kappa shape index (κ1) is 23.0. The molecular formula is C25H24FN5O3. The molecule has 34 heavy (non-hydrogen) atoms. The number of esters is 1. The second kappa shape index (κ2) is 10.2. The maximum absolute atomic E-state index is 13.1. The van der Waals surface area contributed by atoms with Crippen LogP contribution in [0.2, 0.25) is 0 Å². The summed E-state index contributed by atoms with van der Waals surface area (Å²) in [5.41, 5.74) is 3.31. The van der Waals surface area contributed by atoms with Crippen molar-refractivity contribution in [1.29, 1.82) is 0 Å². The number of aromatic nitrogens is 4. The number of hydrogen-bond donors (Lipinski definition) is 1. The van der Waals surface area contributed by atoms with E-state index >= 15 is 0 Å². The molecule has 0 unspecified atom stereocenters. The Morgan fingerprint density at radius 2 is 1.88 bits per heavy atom. The standard InChI is InChI=1S/C25H24FN5O3/c1-4-33-23-21-22(30-25(31-23)28-13-16-8-10-19(26)11-9-16)27-14-20(29-21)17-6-5-7-18(12-17)24(32)34-15(2)3/h5-12,14-15H,4,13H2,1-3H3,(H,27,28,30,31). The number of carbonyl (C=O) groups is 1. The second-order valence-electron chi connectivity index (χ2n) is 7.73. The van der Waals surface area contributed by atoms with Crippen LogP contribution in [0.25, 0.3) is 22.4 Å². The highest BCUT2D eigenvalue weighted by Crippen LogP contribution is 2.26. The Morgan fingerprint density at radius 3 is 2.62 bits per heavy atom. The van der Waals surface area contributed by atoms with Gasteiger partial charge in [0.1, 0.15) is 5.82 Å². The van der Waals surface area contributed by atoms with Crippen molar-refractivity contribution in [2.45, 2.75) is 33.4 Å². The van der Waals surface area contributed by atoms with Gasteiger partial charge < -0.3 is 14.8 Å². The largest absolute Gasteiger partial charge is 0.476 e. The molecule has 4 rings (SSSR count). The van der Waals surface area contributed by atoms with Crippen molar-refractivity contribution in [1.82, 2.24) is 19.9 Å². The lowest BCUT2D eigenvalue weighted by Crippen LogP contribution is -2.11. The number of benzene rings is 2. The molecule has 0 amide bonds. The van der Waals surface area contributed by atoms with Gasteiger partial charge >= 0.3 is 5.97 Å². The van der Waals surface area contributed by atoms with Crippen LogP contribution in [-0.2, 0) is 11.3 Å². The maximum Gasteiger partial charge on any atom is 0.338 e. The molecule has 0 saturated heterocycles. The van der Waals surface area contributed by atoms with E-state index in [4.69, 9.17) is 9.47 Å². The Kier molecular flexibility index (Phi) is 6.91. The molecule has 0 aliphatic carbocycles. The molecule has 1 N–H and O–H groups in total. The molecule has 8 nitrogen and oxygen atoms in total. The van der Waals surface area contributed by atoms with Crippen molar-refractivity contribution in [3.05, 3.63) is 71.7 Å². The third kappa shape index (κ3) is 5.43. The first-order chi connectivity index (χ1) is 16.4. The van der Waals surface area contributed by atoms with Gasteiger partial charge in [0.05, 0.1) is 30.2 Å². The van der Waals surface area contributed by atoms with Gasteiger partial charge in [-0.2, -0.15) is 9.97 Å². The van der Waals surface area contributed by atoms with Crippen molar-refractivity contribution in [3.63, 3.8) is 0 Å². The van der Waals surface area contributed by atoms with E-state index in [0.29, 0.717) is 53.0 Å². The van der Waals surface area contributed by atoms with Crippen molar-refractivity contribution in [2.75, 3.05) is 11.9 Å². The Bertz CT molecular complexity index is 1310. The predicted molar refractivity (Wildman–Crippen MR) is 126 cm³/mol. The molecule has 0 fully saturated rings. The van der Waals surface area contributed by atoms with E-state index in [1.165, 1.54) is 12.1 Å². The Labute approximate surface area is 196 Å². The number of fused-ring (bicyclic) bond motifs is 1. The molecule has 2 aromatic heterocycles. The van der Waals surface area contributed by atoms with E-state index in [1.807, 2.05) is 13.0 Å². The summed E-state index contributed by atoms with van der Waals surface area (Å²) in [5.74, 6) is -0.0850. The number of hydrogen-bond acceptors (Lipinski definition) is 8. The molecule has 0 aliphatic heterocycles. The van der Waals surface area contributed by atoms with Gasteiger partial charge in [-0.25, -0.2) is 19.2 Å². The highest BCUT2D eigenvalue weighted by molar-refractivity contribution is 5.91. The van der Waals surface area contributed by atoms with Crippen molar-refractivity contribution in [2.24, 2.45) is 0 Å². The lowest BCUT2D eigenvalue weighted by Gasteiger charge is -2.11. The zero-order valence-electron chi connectivity index (χ0n) is 19.1. The van der Waals surface area contributed by atoms with E-state index in [-0.39, 0.29) is 11.9 Å². The molecule has 0 atom stereocenters. The molecule has 9 heteroatoms. The van der Waals surface area contributed by atoms with Gasteiger partial charge in [-0.15, -0.1) is 0 Å². The van der Waals surface area contributed by atoms with Crippen molar-refractivity contribution in [3.8, 4) is 17.1 Å². The van der Waals surface area contributed by atoms with Crippen LogP contribution in [-0.4, -0.2) is 38.6 Å². The maximum atomic E-state index is 13.1. The van der Waals surface area contributed by atoms with E-state index in [0.717, 1.165) is 5.56 Å². The molecule has 0 bridgehead atoms. The lowest BCUT2D eigenvalue weighted by atomic mass is 10.1. The quantitative estimate of drug-likeness (QED) is 0.374. The average molecular weight is 461 g/mol. The Morgan fingerprint density at radius 1 is 1.09 bits per heavy atom. The summed E-state index contributed by atoms with van der Waals surface area (Å²) >= 11 is 0. The number of ether oxygens (including phenoxy) is 2. The van der Waals surface area contributed by atoms with Crippen molar-refractivity contribution >= 4 is 23.1 Å². The van der Waals surface area contributed by atoms with Crippen LogP contribution in [0.3, 0.4) is 0 Å². The molecule has 2 aromatic carbocycles. The molecule has 0 aliphatic rings. The molecule has 174 valence electrons. The zero-order chi connectivity index (χ0) is 24.1. The zero-order valence-corrected chi connectivity index (χ0v) is 19.1. The second-order valence-corrected chi connectivity index (χ2v) is 7.73. The molecule has 2 heterocycles. The lowest BCUT2D eigenvalue weighted by molar-refractivity contribution is 0.0378. The normalized spacial score (nSPS) is 11.0. The van der Waals surface area contributed by atoms with Gasteiger partial charge in [0, 0.05) is 12.1 Å². The first-order valence-corrected chi connectivity index (χ1v) is 10.9. The van der Waals surface area contributed by atoms with Gasteiger partial charge in [0.15, 0.2) is 11.2 Å². The molecular weight excluding hydrogens is 437 g/mol. The van der Waals surface area contributed by atoms with Crippen LogP contribution >= 0.6 is 0 Å². The van der Waals surface area contributed by atoms with E-state index in [1.54, 1.807) is 50.4 Å². The summed E-state index contributed by atoms with van der Waals surface area (Å²) in [6.07, 6.45) is 1.37. The summed E-state index contributed by atoms with van der Waals surface area (Å²) in [6.45, 7) is 6.23. The molecule has 4 aromatic rings. The summed E-state index contributed by atoms with van der Waals surface area (Å²) in [6, 6.07) is 13.2. The van der Waals surface area contributed by atoms with Gasteiger partial charge in [-0.1, -0.05) is 24.3 Å². The number of rotatable bonds is 8. The van der Waals surface area contributed by atoms with Crippen LogP contribution in [0.15, 0.2) is 54.7 Å². The first-order valence-electron chi connectivity index (χ1n) is 10.9. The monoisotopic (exact) mass is 461 g/mol. The molecule has 0 radical (unpaired) electrons. The highest BCUT2D eigenvalue weighted by Gasteiger charge is 2.15. The van der Waals surface area contributed by atoms with E-state index < -0.39 is 5.97 Å². The van der Waals surface area contributed by atoms with Crippen LogP contribution in [0.5, 0.6) is 5.88 Å².